The molecule has 5 heteroatoms. The topological polar surface area (TPSA) is 72.2 Å². The standard InChI is InChI=1S/C10H8N2O2S/c11-7-3-1-6(2-4-7)5-8-9(13)12-10(14)15-8/h1-5H,11H2,(H,12,13,14)/b8-5+. The van der Waals surface area contributed by atoms with E-state index in [1.54, 1.807) is 30.3 Å². The summed E-state index contributed by atoms with van der Waals surface area (Å²) in [5.74, 6) is -0.346. The quantitative estimate of drug-likeness (QED) is 0.557. The predicted molar refractivity (Wildman–Crippen MR) is 60.0 cm³/mol. The zero-order valence-corrected chi connectivity index (χ0v) is 8.51. The minimum Gasteiger partial charge on any atom is -0.399 e. The van der Waals surface area contributed by atoms with Crippen LogP contribution in [0.15, 0.2) is 29.2 Å². The first-order valence-corrected chi connectivity index (χ1v) is 5.07. The Bertz CT molecular complexity index is 451. The van der Waals surface area contributed by atoms with E-state index in [2.05, 4.69) is 5.32 Å². The molecule has 0 bridgehead atoms. The van der Waals surface area contributed by atoms with Crippen LogP contribution < -0.4 is 11.1 Å². The molecular weight excluding hydrogens is 212 g/mol. The van der Waals surface area contributed by atoms with Crippen molar-refractivity contribution in [2.75, 3.05) is 5.73 Å². The summed E-state index contributed by atoms with van der Waals surface area (Å²) in [5, 5.41) is 1.86. The van der Waals surface area contributed by atoms with E-state index < -0.39 is 0 Å². The maximum atomic E-state index is 11.2. The Morgan fingerprint density at radius 3 is 2.40 bits per heavy atom. The van der Waals surface area contributed by atoms with Gasteiger partial charge in [-0.05, 0) is 35.5 Å². The minimum atomic E-state index is -0.346. The largest absolute Gasteiger partial charge is 0.399 e. The van der Waals surface area contributed by atoms with Crippen molar-refractivity contribution in [1.82, 2.24) is 5.32 Å². The number of nitrogens with one attached hydrogen (secondary N) is 1. The normalized spacial score (nSPS) is 18.3. The first-order chi connectivity index (χ1) is 7.15. The van der Waals surface area contributed by atoms with Crippen molar-refractivity contribution in [3.05, 3.63) is 34.7 Å². The van der Waals surface area contributed by atoms with Gasteiger partial charge in [0, 0.05) is 5.69 Å². The Kier molecular flexibility index (Phi) is 2.47. The monoisotopic (exact) mass is 220 g/mol. The molecule has 0 aromatic heterocycles. The zero-order valence-electron chi connectivity index (χ0n) is 7.69. The lowest BCUT2D eigenvalue weighted by Gasteiger charge is -1.95. The van der Waals surface area contributed by atoms with Crippen LogP contribution in [-0.2, 0) is 4.79 Å². The van der Waals surface area contributed by atoms with E-state index in [0.29, 0.717) is 10.6 Å². The number of benzene rings is 1. The molecule has 15 heavy (non-hydrogen) atoms. The molecule has 2 rings (SSSR count). The van der Waals surface area contributed by atoms with Crippen molar-refractivity contribution in [3.63, 3.8) is 0 Å². The van der Waals surface area contributed by atoms with E-state index in [9.17, 15) is 9.59 Å². The van der Waals surface area contributed by atoms with Gasteiger partial charge < -0.3 is 5.73 Å². The second-order valence-corrected chi connectivity index (χ2v) is 4.03. The fourth-order valence-electron chi connectivity index (χ4n) is 1.16. The fourth-order valence-corrected chi connectivity index (χ4v) is 1.85. The third-order valence-corrected chi connectivity index (χ3v) is 2.69. The van der Waals surface area contributed by atoms with Crippen LogP contribution in [0.1, 0.15) is 5.56 Å². The number of carbonyl (C=O) groups is 2. The molecule has 0 saturated carbocycles. The molecule has 3 N–H and O–H groups in total. The summed E-state index contributed by atoms with van der Waals surface area (Å²) in [4.78, 5) is 22.5. The SMILES string of the molecule is Nc1ccc(/C=C2/SC(=O)NC2=O)cc1. The van der Waals surface area contributed by atoms with Crippen molar-refractivity contribution in [1.29, 1.82) is 0 Å². The third-order valence-electron chi connectivity index (χ3n) is 1.88. The first-order valence-electron chi connectivity index (χ1n) is 4.25. The summed E-state index contributed by atoms with van der Waals surface area (Å²) in [5.41, 5.74) is 7.03. The van der Waals surface area contributed by atoms with Crippen LogP contribution in [0.5, 0.6) is 0 Å². The highest BCUT2D eigenvalue weighted by Gasteiger charge is 2.24. The first kappa shape index (κ1) is 9.79. The highest BCUT2D eigenvalue weighted by Crippen LogP contribution is 2.25. The Morgan fingerprint density at radius 1 is 1.20 bits per heavy atom. The molecule has 1 aromatic carbocycles. The van der Waals surface area contributed by atoms with Gasteiger partial charge in [0.1, 0.15) is 0 Å². The molecule has 1 fully saturated rings. The van der Waals surface area contributed by atoms with Gasteiger partial charge >= 0.3 is 0 Å². The lowest BCUT2D eigenvalue weighted by Crippen LogP contribution is -2.17. The predicted octanol–water partition coefficient (Wildman–Crippen LogP) is 1.59. The van der Waals surface area contributed by atoms with Crippen molar-refractivity contribution in [2.45, 2.75) is 0 Å². The number of hydrogen-bond acceptors (Lipinski definition) is 4. The van der Waals surface area contributed by atoms with Gasteiger partial charge in [-0.15, -0.1) is 0 Å². The Morgan fingerprint density at radius 2 is 1.87 bits per heavy atom. The maximum absolute atomic E-state index is 11.2. The van der Waals surface area contributed by atoms with Crippen LogP contribution in [0.4, 0.5) is 10.5 Å². The summed E-state index contributed by atoms with van der Waals surface area (Å²) in [7, 11) is 0. The number of anilines is 1. The average molecular weight is 220 g/mol. The van der Waals surface area contributed by atoms with E-state index >= 15 is 0 Å². The molecule has 1 saturated heterocycles. The van der Waals surface area contributed by atoms with Gasteiger partial charge in [0.2, 0.25) is 0 Å². The highest BCUT2D eigenvalue weighted by atomic mass is 32.2. The van der Waals surface area contributed by atoms with Crippen molar-refractivity contribution >= 4 is 34.7 Å². The van der Waals surface area contributed by atoms with E-state index in [4.69, 9.17) is 5.73 Å². The maximum Gasteiger partial charge on any atom is 0.290 e. The molecule has 0 aliphatic carbocycles. The summed E-state index contributed by atoms with van der Waals surface area (Å²) < 4.78 is 0. The summed E-state index contributed by atoms with van der Waals surface area (Å²) in [6, 6.07) is 7.06. The fraction of sp³-hybridized carbons (Fsp3) is 0. The number of nitrogen functional groups attached to an aromatic ring is 1. The molecule has 2 amide bonds. The zero-order chi connectivity index (χ0) is 10.8. The lowest BCUT2D eigenvalue weighted by atomic mass is 10.2. The molecule has 4 nitrogen and oxygen atoms in total. The molecule has 0 radical (unpaired) electrons. The number of thioether (sulfide) groups is 1. The van der Waals surface area contributed by atoms with Crippen LogP contribution in [-0.4, -0.2) is 11.1 Å². The van der Waals surface area contributed by atoms with Crippen molar-refractivity contribution in [2.24, 2.45) is 0 Å². The average Bonchev–Trinajstić information content (AvgIpc) is 2.49. The Labute approximate surface area is 90.5 Å². The van der Waals surface area contributed by atoms with Crippen LogP contribution in [0.25, 0.3) is 6.08 Å². The molecule has 0 spiro atoms. The van der Waals surface area contributed by atoms with Crippen LogP contribution in [0.2, 0.25) is 0 Å². The van der Waals surface area contributed by atoms with Crippen LogP contribution >= 0.6 is 11.8 Å². The molecule has 1 aliphatic rings. The number of hydrogen-bond donors (Lipinski definition) is 2. The van der Waals surface area contributed by atoms with E-state index in [1.807, 2.05) is 0 Å². The molecule has 1 aliphatic heterocycles. The Hall–Kier alpha value is -1.75. The van der Waals surface area contributed by atoms with Gasteiger partial charge in [0.25, 0.3) is 11.1 Å². The molecular formula is C10H8N2O2S. The Balaban J connectivity index is 2.27. The van der Waals surface area contributed by atoms with E-state index in [-0.39, 0.29) is 11.1 Å². The van der Waals surface area contributed by atoms with E-state index in [1.165, 1.54) is 0 Å². The van der Waals surface area contributed by atoms with Crippen molar-refractivity contribution in [3.8, 4) is 0 Å². The van der Waals surface area contributed by atoms with E-state index in [0.717, 1.165) is 17.3 Å². The molecule has 0 atom stereocenters. The van der Waals surface area contributed by atoms with Gasteiger partial charge in [-0.3, -0.25) is 14.9 Å². The molecule has 0 unspecified atom stereocenters. The lowest BCUT2D eigenvalue weighted by molar-refractivity contribution is -0.115. The smallest absolute Gasteiger partial charge is 0.290 e. The van der Waals surface area contributed by atoms with Gasteiger partial charge in [-0.25, -0.2) is 0 Å². The molecule has 1 heterocycles. The second-order valence-electron chi connectivity index (χ2n) is 3.02. The number of nitrogens with two attached hydrogens (primary N) is 1. The summed E-state index contributed by atoms with van der Waals surface area (Å²) >= 11 is 0.903. The number of carbonyl (C=O) groups excluding carboxylic acids is 2. The number of amides is 2. The molecule has 76 valence electrons. The highest BCUT2D eigenvalue weighted by molar-refractivity contribution is 8.18. The van der Waals surface area contributed by atoms with Gasteiger partial charge in [0.05, 0.1) is 4.91 Å². The van der Waals surface area contributed by atoms with Gasteiger partial charge in [0.15, 0.2) is 0 Å². The molecule has 1 aromatic rings. The summed E-state index contributed by atoms with van der Waals surface area (Å²) in [6.07, 6.45) is 1.66. The van der Waals surface area contributed by atoms with Gasteiger partial charge in [-0.2, -0.15) is 0 Å². The number of rotatable bonds is 1. The second kappa shape index (κ2) is 3.78. The number of imide groups is 1. The van der Waals surface area contributed by atoms with Crippen LogP contribution in [0.3, 0.4) is 0 Å². The minimum absolute atomic E-state index is 0.332. The third kappa shape index (κ3) is 2.19. The van der Waals surface area contributed by atoms with Crippen molar-refractivity contribution < 1.29 is 9.59 Å². The summed E-state index contributed by atoms with van der Waals surface area (Å²) in [6.45, 7) is 0. The van der Waals surface area contributed by atoms with Crippen LogP contribution in [0, 0.1) is 0 Å². The van der Waals surface area contributed by atoms with Gasteiger partial charge in [-0.1, -0.05) is 12.1 Å².